The Balaban J connectivity index is 0.000000649. The molecule has 4 rings (SSSR count). The molecule has 2 amide bonds. The molecule has 40 heavy (non-hydrogen) atoms. The molecule has 0 spiro atoms. The molecule has 1 saturated heterocycles. The fourth-order valence-electron chi connectivity index (χ4n) is 4.22. The van der Waals surface area contributed by atoms with Crippen LogP contribution in [0.2, 0.25) is 0 Å². The Labute approximate surface area is 236 Å². The van der Waals surface area contributed by atoms with Gasteiger partial charge in [0.15, 0.2) is 17.3 Å². The number of rotatable bonds is 8. The molecule has 0 unspecified atom stereocenters. The number of aryl methyl sites for hydroxylation is 2. The second-order valence-corrected chi connectivity index (χ2v) is 9.17. The average Bonchev–Trinajstić information content (AvgIpc) is 2.98. The Morgan fingerprint density at radius 1 is 0.900 bits per heavy atom. The maximum atomic E-state index is 12.8. The van der Waals surface area contributed by atoms with Crippen LogP contribution in [0.1, 0.15) is 35.3 Å². The van der Waals surface area contributed by atoms with E-state index < -0.39 is 0 Å². The number of Topliss-reactive ketones (excluding diaryl/α,β-unsaturated/α-hetero) is 1. The van der Waals surface area contributed by atoms with Crippen molar-refractivity contribution in [3.05, 3.63) is 65.2 Å². The normalized spacial score (nSPS) is 12.4. The summed E-state index contributed by atoms with van der Waals surface area (Å²) in [6.45, 7) is 9.33. The number of carbonyl (C=O) groups excluding carboxylic acids is 2. The molecule has 3 N–H and O–H groups in total. The van der Waals surface area contributed by atoms with Gasteiger partial charge in [-0.2, -0.15) is 0 Å². The van der Waals surface area contributed by atoms with E-state index in [-0.39, 0.29) is 11.8 Å². The molecule has 3 aromatic rings. The first-order chi connectivity index (χ1) is 19.3. The van der Waals surface area contributed by atoms with Gasteiger partial charge in [0.05, 0.1) is 40.1 Å². The Bertz CT molecular complexity index is 1310. The van der Waals surface area contributed by atoms with E-state index in [1.165, 1.54) is 21.1 Å². The average molecular weight is 550 g/mol. The maximum Gasteiger partial charge on any atom is 0.323 e. The van der Waals surface area contributed by atoms with Gasteiger partial charge in [-0.3, -0.25) is 4.79 Å². The van der Waals surface area contributed by atoms with Gasteiger partial charge in [-0.05, 0) is 61.2 Å². The van der Waals surface area contributed by atoms with Crippen LogP contribution in [0.15, 0.2) is 48.5 Å². The van der Waals surface area contributed by atoms with Crippen molar-refractivity contribution in [2.24, 2.45) is 0 Å². The second kappa shape index (κ2) is 14.9. The van der Waals surface area contributed by atoms with Gasteiger partial charge in [0, 0.05) is 36.1 Å². The number of ether oxygens (including phenoxy) is 4. The lowest BCUT2D eigenvalue weighted by molar-refractivity contribution is 0.101. The minimum atomic E-state index is -0.376. The Morgan fingerprint density at radius 2 is 1.62 bits per heavy atom. The number of urea groups is 1. The van der Waals surface area contributed by atoms with E-state index in [9.17, 15) is 9.59 Å². The number of morpholine rings is 1. The smallest absolute Gasteiger partial charge is 0.323 e. The molecule has 1 aliphatic rings. The van der Waals surface area contributed by atoms with Crippen molar-refractivity contribution in [3.8, 4) is 28.4 Å². The van der Waals surface area contributed by atoms with Crippen molar-refractivity contribution in [1.82, 2.24) is 5.32 Å². The van der Waals surface area contributed by atoms with Gasteiger partial charge in [-0.15, -0.1) is 0 Å². The van der Waals surface area contributed by atoms with Crippen molar-refractivity contribution < 1.29 is 28.5 Å². The number of anilines is 2. The highest BCUT2D eigenvalue weighted by Crippen LogP contribution is 2.42. The lowest BCUT2D eigenvalue weighted by atomic mass is 9.99. The SMILES string of the molecule is C1COCCN1.CCc1ccc(C)c(NC(=O)Nc2cc(OC)c(OC)c(-c3ccc(C(C)=O)c(OC)c3)c2)c1. The van der Waals surface area contributed by atoms with Gasteiger partial charge < -0.3 is 34.9 Å². The van der Waals surface area contributed by atoms with Crippen LogP contribution in [0.25, 0.3) is 11.1 Å². The Kier molecular flexibility index (Phi) is 11.4. The number of methoxy groups -OCH3 is 3. The standard InChI is InChI=1S/C27H30N2O5.C4H9NO/c1-7-18-9-8-16(2)23(12-18)29-27(31)28-20-14-22(26(34-6)25(15-20)33-5)19-10-11-21(17(3)30)24(13-19)32-4;1-3-6-4-2-5-1/h8-15H,7H2,1-6H3,(H2,28,29,31);5H,1-4H2. The predicted octanol–water partition coefficient (Wildman–Crippen LogP) is 5.70. The zero-order valence-corrected chi connectivity index (χ0v) is 24.1. The van der Waals surface area contributed by atoms with Crippen LogP contribution < -0.4 is 30.2 Å². The number of amides is 2. The number of nitrogens with one attached hydrogen (secondary N) is 3. The van der Waals surface area contributed by atoms with Crippen molar-refractivity contribution >= 4 is 23.2 Å². The van der Waals surface area contributed by atoms with Crippen LogP contribution in [-0.4, -0.2) is 59.4 Å². The second-order valence-electron chi connectivity index (χ2n) is 9.17. The third-order valence-corrected chi connectivity index (χ3v) is 6.43. The highest BCUT2D eigenvalue weighted by atomic mass is 16.5. The molecule has 1 heterocycles. The van der Waals surface area contributed by atoms with E-state index in [1.807, 2.05) is 25.1 Å². The number of ketones is 1. The molecule has 0 radical (unpaired) electrons. The van der Waals surface area contributed by atoms with Crippen LogP contribution >= 0.6 is 0 Å². The van der Waals surface area contributed by atoms with Crippen LogP contribution in [0, 0.1) is 6.92 Å². The maximum absolute atomic E-state index is 12.8. The Morgan fingerprint density at radius 3 is 2.17 bits per heavy atom. The summed E-state index contributed by atoms with van der Waals surface area (Å²) in [6.07, 6.45) is 0.876. The quantitative estimate of drug-likeness (QED) is 0.309. The first kappa shape index (κ1) is 30.5. The summed E-state index contributed by atoms with van der Waals surface area (Å²) in [6, 6.07) is 14.4. The van der Waals surface area contributed by atoms with Gasteiger partial charge in [-0.25, -0.2) is 4.79 Å². The van der Waals surface area contributed by atoms with Crippen LogP contribution in [0.5, 0.6) is 17.2 Å². The number of carbonyl (C=O) groups is 2. The molecule has 9 nitrogen and oxygen atoms in total. The van der Waals surface area contributed by atoms with Crippen molar-refractivity contribution in [3.63, 3.8) is 0 Å². The molecule has 3 aromatic carbocycles. The van der Waals surface area contributed by atoms with E-state index in [2.05, 4.69) is 22.9 Å². The topological polar surface area (TPSA) is 107 Å². The van der Waals surface area contributed by atoms with Gasteiger partial charge in [0.1, 0.15) is 5.75 Å². The number of hydrogen-bond acceptors (Lipinski definition) is 7. The van der Waals surface area contributed by atoms with Crippen LogP contribution in [0.4, 0.5) is 16.2 Å². The van der Waals surface area contributed by atoms with E-state index in [1.54, 1.807) is 37.4 Å². The summed E-state index contributed by atoms with van der Waals surface area (Å²) in [4.78, 5) is 24.7. The van der Waals surface area contributed by atoms with E-state index in [4.69, 9.17) is 18.9 Å². The van der Waals surface area contributed by atoms with E-state index in [0.717, 1.165) is 55.1 Å². The molecule has 1 aliphatic heterocycles. The molecule has 214 valence electrons. The van der Waals surface area contributed by atoms with E-state index >= 15 is 0 Å². The number of benzene rings is 3. The summed E-state index contributed by atoms with van der Waals surface area (Å²) in [5, 5.41) is 8.96. The third kappa shape index (κ3) is 7.97. The fourth-order valence-corrected chi connectivity index (χ4v) is 4.22. The van der Waals surface area contributed by atoms with Gasteiger partial charge >= 0.3 is 6.03 Å². The lowest BCUT2D eigenvalue weighted by Gasteiger charge is -2.17. The van der Waals surface area contributed by atoms with Crippen LogP contribution in [-0.2, 0) is 11.2 Å². The van der Waals surface area contributed by atoms with E-state index in [0.29, 0.717) is 34.1 Å². The number of hydrogen-bond donors (Lipinski definition) is 3. The predicted molar refractivity (Wildman–Crippen MR) is 158 cm³/mol. The highest BCUT2D eigenvalue weighted by molar-refractivity contribution is 6.01. The highest BCUT2D eigenvalue weighted by Gasteiger charge is 2.18. The summed E-state index contributed by atoms with van der Waals surface area (Å²) in [7, 11) is 4.59. The van der Waals surface area contributed by atoms with Gasteiger partial charge in [0.2, 0.25) is 0 Å². The molecule has 0 aromatic heterocycles. The van der Waals surface area contributed by atoms with Crippen molar-refractivity contribution in [2.75, 3.05) is 58.3 Å². The zero-order chi connectivity index (χ0) is 29.1. The minimum absolute atomic E-state index is 0.0949. The summed E-state index contributed by atoms with van der Waals surface area (Å²) in [5.74, 6) is 1.31. The van der Waals surface area contributed by atoms with Crippen molar-refractivity contribution in [2.45, 2.75) is 27.2 Å². The summed E-state index contributed by atoms with van der Waals surface area (Å²) in [5.41, 5.74) is 5.28. The molecule has 0 bridgehead atoms. The first-order valence-electron chi connectivity index (χ1n) is 13.2. The third-order valence-electron chi connectivity index (χ3n) is 6.43. The molecule has 0 aliphatic carbocycles. The van der Waals surface area contributed by atoms with Crippen molar-refractivity contribution in [1.29, 1.82) is 0 Å². The van der Waals surface area contributed by atoms with Gasteiger partial charge in [0.25, 0.3) is 0 Å². The van der Waals surface area contributed by atoms with Crippen LogP contribution in [0.3, 0.4) is 0 Å². The molecule has 0 saturated carbocycles. The largest absolute Gasteiger partial charge is 0.496 e. The minimum Gasteiger partial charge on any atom is -0.496 e. The molecular formula is C31H39N3O6. The molecule has 1 fully saturated rings. The summed E-state index contributed by atoms with van der Waals surface area (Å²) >= 11 is 0. The fraction of sp³-hybridized carbons (Fsp3) is 0.355. The monoisotopic (exact) mass is 549 g/mol. The molecular weight excluding hydrogens is 510 g/mol. The first-order valence-corrected chi connectivity index (χ1v) is 13.2. The molecule has 9 heteroatoms. The lowest BCUT2D eigenvalue weighted by Crippen LogP contribution is -2.30. The molecule has 0 atom stereocenters. The van der Waals surface area contributed by atoms with Gasteiger partial charge in [-0.1, -0.05) is 25.1 Å². The Hall–Kier alpha value is -4.08. The zero-order valence-electron chi connectivity index (χ0n) is 24.1. The summed E-state index contributed by atoms with van der Waals surface area (Å²) < 4.78 is 21.6.